The van der Waals surface area contributed by atoms with Crippen LogP contribution < -0.4 is 27.4 Å². The van der Waals surface area contributed by atoms with E-state index in [1.165, 1.54) is 49.3 Å². The van der Waals surface area contributed by atoms with Crippen LogP contribution in [-0.2, 0) is 71.8 Å². The molecule has 7 N–H and O–H groups in total. The molecule has 776 valence electrons. The molecule has 0 spiro atoms. The summed E-state index contributed by atoms with van der Waals surface area (Å²) in [4.78, 5) is 146. The van der Waals surface area contributed by atoms with Crippen molar-refractivity contribution < 1.29 is 48.8 Å². The average molecular weight is 2100 g/mol. The highest BCUT2D eigenvalue weighted by molar-refractivity contribution is 7.95. The van der Waals surface area contributed by atoms with Crippen LogP contribution in [0, 0.1) is 96.9 Å². The molecule has 1 unspecified atom stereocenters. The van der Waals surface area contributed by atoms with E-state index in [0.29, 0.717) is 23.1 Å². The second-order valence-electron chi connectivity index (χ2n) is 31.8. The van der Waals surface area contributed by atoms with Crippen molar-refractivity contribution in [2.45, 2.75) is 163 Å². The molecule has 0 aliphatic heterocycles. The molecule has 40 heteroatoms. The Morgan fingerprint density at radius 3 is 1.11 bits per heavy atom. The summed E-state index contributed by atoms with van der Waals surface area (Å²) < 4.78 is 10.2. The number of methoxy groups -OCH3 is 1. The van der Waals surface area contributed by atoms with Gasteiger partial charge >= 0.3 is 17.9 Å². The van der Waals surface area contributed by atoms with Gasteiger partial charge in [-0.2, -0.15) is 0 Å². The molecular weight excluding hydrogens is 1970 g/mol. The van der Waals surface area contributed by atoms with Crippen LogP contribution in [-0.4, -0.2) is 184 Å². The Labute approximate surface area is 883 Å². The standard InChI is InChI=1S/C25H24N2P.C17H19N5.C17H17N5.C10H9N3O.C8H10N2O2.C7H9ClN2.C7H8N2O2.C7H10N2O.C4H6O2.C3H8N2O2.2CH4.3ClH/c1-20-21(2)27-22(18-26-20)19-28(23-12-6-3-7-13-23,24-14-8-4-9-15-24)25-16-10-5-11-17-25;2*1-12-13(2)20-15(10-19-12)6-7-17-21-16(11-22(17)3)14-5-4-8-18-9-14;1-13-6-9(12-10(13)7-14)8-3-2-4-11-5-8;1-5-6(2)10-7(4-9-5)8(11)12-3;1-5-6(2)10-7(3-8)4-9-5;1-4-5(2)9-6(3-8-4)7(10)11;1-5-6(2)9-7(4-10)3-8-5;1-3(5)4(2)6;4-1-2(5)3(6)7;;;;;/h3-18H,19H2,1-2H3;4-5,8-11H,6-7H2,1-3H3;4-11H,1-3H3;2-7H,1H3;4H,1-3H3;4H,3H2,1-2H3;3H,1-2H3,(H,10,11);3,10H,4H2,1-2H3;1-2H3;2H,1,4-5H2,(H,6,7);2*1H4;3*1H/q+1;;;;;;;;;;;;;;. The average Bonchev–Trinajstić information content (AvgIpc) is 1.07. The number of ketones is 2. The van der Waals surface area contributed by atoms with Gasteiger partial charge in [0, 0.05) is 133 Å². The van der Waals surface area contributed by atoms with Crippen LogP contribution in [0.3, 0.4) is 0 Å². The monoisotopic (exact) mass is 2100 g/mol. The third-order valence-electron chi connectivity index (χ3n) is 21.3. The number of carbonyl (C=O) groups excluding carboxylic acids is 4. The van der Waals surface area contributed by atoms with Crippen LogP contribution in [0.4, 0.5) is 0 Å². The summed E-state index contributed by atoms with van der Waals surface area (Å²) in [6.07, 6.45) is 35.1. The number of aliphatic hydroxyl groups is 1. The van der Waals surface area contributed by atoms with Gasteiger partial charge in [-0.1, -0.05) is 69.5 Å². The number of carboxylic acid groups (broad SMARTS) is 2. The number of nitrogens with zero attached hydrogens (tertiary/aromatic N) is 23. The molecule has 35 nitrogen and oxygen atoms in total. The largest absolute Gasteiger partial charge is 0.480 e. The Kier molecular flexibility index (Phi) is 56.9. The summed E-state index contributed by atoms with van der Waals surface area (Å²) >= 11 is 5.55. The van der Waals surface area contributed by atoms with Crippen LogP contribution in [0.2, 0.25) is 0 Å². The Balaban J connectivity index is 0.000000568. The molecule has 16 rings (SSSR count). The lowest BCUT2D eigenvalue weighted by atomic mass is 10.2. The summed E-state index contributed by atoms with van der Waals surface area (Å²) in [6, 6.07) is 43.4. The fraction of sp³-hybridized carbons (Fsp3) is 0.271. The SMILES string of the molecule is C.C.CC(=O)C(C)=O.COC(=O)c1cnc(C)c(C)n1.Cc1ncc(C(=O)O)nc1C.Cc1ncc(C=Cc2nc(-c3cccnc3)cn2C)nc1C.Cc1ncc(CCc2nc(-c3cccnc3)cn2C)nc1C.Cc1ncc(CCl)nc1C.Cc1ncc(CO)nc1C.Cc1ncc(C[P+](c2ccccc2)(c2ccccc2)c2ccccc2)nc1C.Cl.Cl.Cl.Cn1cc(-c2cccnc2)nc1C=O.NCC(N)C(=O)O. The van der Waals surface area contributed by atoms with Gasteiger partial charge in [-0.3, -0.25) is 93.9 Å². The number of halogens is 4. The number of hydrogen-bond donors (Lipinski definition) is 5. The number of aldehydes is 1. The molecule has 16 aromatic rings. The van der Waals surface area contributed by atoms with Gasteiger partial charge in [-0.15, -0.1) is 48.8 Å². The minimum atomic E-state index is -1.91. The number of aryl methyl sites for hydroxylation is 19. The summed E-state index contributed by atoms with van der Waals surface area (Å²) in [5.74, 6) is -0.547. The number of rotatable bonds is 21. The van der Waals surface area contributed by atoms with Gasteiger partial charge in [0.15, 0.2) is 35.1 Å². The van der Waals surface area contributed by atoms with E-state index in [2.05, 4.69) is 190 Å². The van der Waals surface area contributed by atoms with Crippen molar-refractivity contribution in [1.29, 1.82) is 0 Å². The number of carbonyl (C=O) groups is 6. The maximum Gasteiger partial charge on any atom is 0.358 e. The molecule has 1 atom stereocenters. The van der Waals surface area contributed by atoms with Crippen LogP contribution in [0.25, 0.3) is 45.9 Å². The fourth-order valence-corrected chi connectivity index (χ4v) is 16.4. The number of Topliss-reactive ketones (excluding diaryl/α,β-unsaturated/α-hetero) is 2. The zero-order valence-electron chi connectivity index (χ0n) is 84.6. The number of aromatic nitrogens is 23. The number of nitrogens with two attached hydrogens (primary N) is 2. The van der Waals surface area contributed by atoms with Crippen molar-refractivity contribution in [3.63, 3.8) is 0 Å². The molecule has 0 bridgehead atoms. The molecular formula is C107H131Cl4N25O10P+. The number of imidazole rings is 3. The number of pyridine rings is 3. The summed E-state index contributed by atoms with van der Waals surface area (Å²) in [5, 5.41) is 29.2. The summed E-state index contributed by atoms with van der Waals surface area (Å²) in [5.41, 5.74) is 32.5. The minimum Gasteiger partial charge on any atom is -0.480 e. The Morgan fingerprint density at radius 2 is 0.755 bits per heavy atom. The topological polar surface area (TPSA) is 497 Å². The number of hydrogen-bond acceptors (Lipinski definition) is 30. The van der Waals surface area contributed by atoms with E-state index in [4.69, 9.17) is 48.4 Å². The van der Waals surface area contributed by atoms with Crippen molar-refractivity contribution in [3.05, 3.63) is 364 Å². The van der Waals surface area contributed by atoms with E-state index in [-0.39, 0.29) is 88.2 Å². The predicted octanol–water partition coefficient (Wildman–Crippen LogP) is 16.8. The van der Waals surface area contributed by atoms with Gasteiger partial charge in [0.25, 0.3) is 0 Å². The minimum absolute atomic E-state index is 0. The number of esters is 1. The normalized spacial score (nSPS) is 10.2. The smallest absolute Gasteiger partial charge is 0.358 e. The molecule has 0 aliphatic rings. The highest BCUT2D eigenvalue weighted by atomic mass is 35.5. The van der Waals surface area contributed by atoms with Gasteiger partial charge in [0.2, 0.25) is 0 Å². The number of aliphatic hydroxyl groups excluding tert-OH is 1. The molecule has 13 heterocycles. The summed E-state index contributed by atoms with van der Waals surface area (Å²) in [6.45, 7) is 29.2. The number of aromatic carboxylic acids is 1. The Morgan fingerprint density at radius 1 is 0.408 bits per heavy atom. The number of aliphatic carboxylic acids is 1. The summed E-state index contributed by atoms with van der Waals surface area (Å²) in [7, 11) is 5.19. The van der Waals surface area contributed by atoms with Crippen LogP contribution >= 0.6 is 56.1 Å². The zero-order valence-corrected chi connectivity index (χ0v) is 88.7. The van der Waals surface area contributed by atoms with Gasteiger partial charge in [0.05, 0.1) is 176 Å². The molecule has 0 fully saturated rings. The molecule has 147 heavy (non-hydrogen) atoms. The lowest BCUT2D eigenvalue weighted by Crippen LogP contribution is -2.37. The van der Waals surface area contributed by atoms with Crippen molar-refractivity contribution in [2.75, 3.05) is 13.7 Å². The van der Waals surface area contributed by atoms with Crippen molar-refractivity contribution in [3.8, 4) is 33.8 Å². The molecule has 0 saturated carbocycles. The number of benzene rings is 3. The number of carboxylic acids is 2. The lowest BCUT2D eigenvalue weighted by Gasteiger charge is -2.27. The predicted molar refractivity (Wildman–Crippen MR) is 585 cm³/mol. The van der Waals surface area contributed by atoms with Crippen LogP contribution in [0.15, 0.2) is 227 Å². The molecule has 0 radical (unpaired) electrons. The molecule has 0 aliphatic carbocycles. The van der Waals surface area contributed by atoms with E-state index in [1.807, 2.05) is 181 Å². The van der Waals surface area contributed by atoms with Gasteiger partial charge in [-0.05, 0) is 188 Å². The van der Waals surface area contributed by atoms with Gasteiger partial charge in [-0.25, -0.2) is 34.5 Å². The first kappa shape index (κ1) is 128. The van der Waals surface area contributed by atoms with E-state index >= 15 is 0 Å². The van der Waals surface area contributed by atoms with Crippen molar-refractivity contribution in [1.82, 2.24) is 113 Å². The third kappa shape index (κ3) is 40.8. The Hall–Kier alpha value is -15.1. The van der Waals surface area contributed by atoms with Crippen LogP contribution in [0.5, 0.6) is 0 Å². The second-order valence-corrected chi connectivity index (χ2v) is 35.6. The first-order chi connectivity index (χ1) is 67.8. The zero-order chi connectivity index (χ0) is 104. The third-order valence-corrected chi connectivity index (χ3v) is 25.9. The highest BCUT2D eigenvalue weighted by Gasteiger charge is 2.46. The first-order valence-electron chi connectivity index (χ1n) is 44.6. The maximum atomic E-state index is 11.0. The maximum absolute atomic E-state index is 11.0. The second kappa shape index (κ2) is 65.3. The number of ether oxygens (including phenoxy) is 1. The van der Waals surface area contributed by atoms with Crippen LogP contribution in [0.1, 0.15) is 180 Å². The van der Waals surface area contributed by atoms with E-state index < -0.39 is 31.2 Å². The fourth-order valence-electron chi connectivity index (χ4n) is 12.2. The Bertz CT molecular complexity index is 6690. The van der Waals surface area contributed by atoms with E-state index in [9.17, 15) is 28.8 Å². The van der Waals surface area contributed by atoms with Gasteiger partial charge in [0.1, 0.15) is 47.0 Å². The quantitative estimate of drug-likeness (QED) is 0.0147. The lowest BCUT2D eigenvalue weighted by molar-refractivity contribution is -0.138. The highest BCUT2D eigenvalue weighted by Crippen LogP contribution is 2.58. The van der Waals surface area contributed by atoms with E-state index in [1.54, 1.807) is 82.0 Å². The van der Waals surface area contributed by atoms with E-state index in [0.717, 1.165) is 168 Å². The first-order valence-corrected chi connectivity index (χ1v) is 47.1. The molecule has 3 aromatic carbocycles. The molecule has 13 aromatic heterocycles. The van der Waals surface area contributed by atoms with Gasteiger partial charge < -0.3 is 45.2 Å². The molecule has 0 amide bonds. The number of alkyl halides is 1. The molecule has 0 saturated heterocycles. The van der Waals surface area contributed by atoms with Crippen molar-refractivity contribution >= 4 is 120 Å². The van der Waals surface area contributed by atoms with Crippen molar-refractivity contribution in [2.24, 2.45) is 32.6 Å².